The number of benzene rings is 1. The normalized spacial score (nSPS) is 22.9. The highest BCUT2D eigenvalue weighted by molar-refractivity contribution is 8.03. The Kier molecular flexibility index (Phi) is 8.25. The maximum atomic E-state index is 12.1. The molecule has 1 N–H and O–H groups in total. The summed E-state index contributed by atoms with van der Waals surface area (Å²) in [5.74, 6) is -0.108. The van der Waals surface area contributed by atoms with Gasteiger partial charge in [-0.1, -0.05) is 30.7 Å². The third-order valence-electron chi connectivity index (χ3n) is 5.32. The molecule has 1 aromatic carbocycles. The maximum Gasteiger partial charge on any atom is 0.338 e. The summed E-state index contributed by atoms with van der Waals surface area (Å²) in [6.45, 7) is 7.07. The molecule has 1 saturated heterocycles. The van der Waals surface area contributed by atoms with Crippen molar-refractivity contribution in [3.8, 4) is 0 Å². The minimum absolute atomic E-state index is 0.0816. The van der Waals surface area contributed by atoms with Crippen molar-refractivity contribution in [1.29, 1.82) is 0 Å². The Bertz CT molecular complexity index is 810. The number of thioether (sulfide) groups is 1. The van der Waals surface area contributed by atoms with E-state index < -0.39 is 5.97 Å². The predicted octanol–water partition coefficient (Wildman–Crippen LogP) is 3.82. The van der Waals surface area contributed by atoms with E-state index in [0.29, 0.717) is 37.0 Å². The monoisotopic (exact) mass is 452 g/mol. The molecule has 2 aliphatic heterocycles. The average molecular weight is 453 g/mol. The number of carboxylic acids is 1. The van der Waals surface area contributed by atoms with Crippen molar-refractivity contribution in [2.45, 2.75) is 32.6 Å². The number of carbonyl (C=O) groups is 1. The predicted molar refractivity (Wildman–Crippen MR) is 121 cm³/mol. The van der Waals surface area contributed by atoms with Crippen molar-refractivity contribution < 1.29 is 19.4 Å². The van der Waals surface area contributed by atoms with Crippen LogP contribution in [0.15, 0.2) is 46.5 Å². The molecule has 0 radical (unpaired) electrons. The number of hydrogen-bond acceptors (Lipinski definition) is 6. The lowest BCUT2D eigenvalue weighted by Crippen LogP contribution is -2.58. The van der Waals surface area contributed by atoms with Crippen LogP contribution in [0.5, 0.6) is 0 Å². The van der Waals surface area contributed by atoms with Crippen molar-refractivity contribution in [1.82, 2.24) is 9.80 Å². The van der Waals surface area contributed by atoms with Crippen LogP contribution in [-0.2, 0) is 20.8 Å². The summed E-state index contributed by atoms with van der Waals surface area (Å²) in [6, 6.07) is 7.82. The van der Waals surface area contributed by atoms with Crippen LogP contribution < -0.4 is 0 Å². The Morgan fingerprint density at radius 1 is 1.37 bits per heavy atom. The van der Waals surface area contributed by atoms with Crippen LogP contribution in [0.4, 0.5) is 0 Å². The van der Waals surface area contributed by atoms with Crippen molar-refractivity contribution in [3.05, 3.63) is 57.1 Å². The van der Waals surface area contributed by atoms with Crippen molar-refractivity contribution in [2.24, 2.45) is 0 Å². The molecule has 8 heteroatoms. The summed E-state index contributed by atoms with van der Waals surface area (Å²) >= 11 is 7.64. The Morgan fingerprint density at radius 2 is 2.10 bits per heavy atom. The molecule has 1 unspecified atom stereocenters. The number of carboxylic acid groups (broad SMARTS) is 1. The van der Waals surface area contributed by atoms with Crippen LogP contribution in [0.1, 0.15) is 19.4 Å². The Labute approximate surface area is 187 Å². The second-order valence-electron chi connectivity index (χ2n) is 7.36. The van der Waals surface area contributed by atoms with Crippen LogP contribution in [0.2, 0.25) is 5.02 Å². The Morgan fingerprint density at radius 3 is 2.73 bits per heavy atom. The van der Waals surface area contributed by atoms with Crippen LogP contribution in [-0.4, -0.2) is 72.3 Å². The summed E-state index contributed by atoms with van der Waals surface area (Å²) in [5, 5.41) is 11.4. The first-order chi connectivity index (χ1) is 14.5. The largest absolute Gasteiger partial charge is 0.478 e. The van der Waals surface area contributed by atoms with Gasteiger partial charge in [-0.05, 0) is 42.0 Å². The van der Waals surface area contributed by atoms with Crippen molar-refractivity contribution >= 4 is 29.3 Å². The van der Waals surface area contributed by atoms with Gasteiger partial charge in [0.15, 0.2) is 0 Å². The Hall–Kier alpha value is -1.51. The van der Waals surface area contributed by atoms with Gasteiger partial charge < -0.3 is 19.5 Å². The molecule has 2 heterocycles. The van der Waals surface area contributed by atoms with E-state index in [4.69, 9.17) is 21.1 Å². The smallest absolute Gasteiger partial charge is 0.338 e. The van der Waals surface area contributed by atoms with Gasteiger partial charge in [-0.15, -0.1) is 11.8 Å². The van der Waals surface area contributed by atoms with Crippen molar-refractivity contribution in [3.63, 3.8) is 0 Å². The zero-order valence-corrected chi connectivity index (χ0v) is 19.2. The maximum absolute atomic E-state index is 12.1. The molecule has 0 amide bonds. The van der Waals surface area contributed by atoms with E-state index >= 15 is 0 Å². The lowest BCUT2D eigenvalue weighted by atomic mass is 10.0. The van der Waals surface area contributed by atoms with Gasteiger partial charge in [-0.3, -0.25) is 4.90 Å². The zero-order chi connectivity index (χ0) is 21.7. The fourth-order valence-corrected chi connectivity index (χ4v) is 5.09. The van der Waals surface area contributed by atoms with E-state index in [2.05, 4.69) is 15.9 Å². The highest BCUT2D eigenvalue weighted by Gasteiger charge is 2.37. The summed E-state index contributed by atoms with van der Waals surface area (Å²) in [7, 11) is 1.70. The van der Waals surface area contributed by atoms with Crippen molar-refractivity contribution in [2.75, 3.05) is 39.2 Å². The molecule has 2 aliphatic rings. The molecule has 0 saturated carbocycles. The number of methoxy groups -OCH3 is 1. The van der Waals surface area contributed by atoms with E-state index in [9.17, 15) is 9.90 Å². The average Bonchev–Trinajstić information content (AvgIpc) is 2.72. The number of nitrogens with zero attached hydrogens (tertiary/aromatic N) is 2. The van der Waals surface area contributed by atoms with Gasteiger partial charge in [0.25, 0.3) is 0 Å². The van der Waals surface area contributed by atoms with E-state index in [1.807, 2.05) is 38.1 Å². The molecule has 1 fully saturated rings. The Balaban J connectivity index is 2.04. The van der Waals surface area contributed by atoms with Gasteiger partial charge in [0.05, 0.1) is 36.5 Å². The number of rotatable bonds is 8. The number of hydrogen-bond donors (Lipinski definition) is 1. The van der Waals surface area contributed by atoms with Gasteiger partial charge >= 0.3 is 5.97 Å². The first kappa shape index (κ1) is 23.2. The topological polar surface area (TPSA) is 62.2 Å². The van der Waals surface area contributed by atoms with Gasteiger partial charge in [-0.25, -0.2) is 4.79 Å². The molecular weight excluding hydrogens is 424 g/mol. The third kappa shape index (κ3) is 5.21. The molecule has 0 spiro atoms. The minimum atomic E-state index is -0.894. The molecule has 0 aliphatic carbocycles. The molecule has 1 aromatic rings. The third-order valence-corrected chi connectivity index (χ3v) is 6.57. The summed E-state index contributed by atoms with van der Waals surface area (Å²) in [5.41, 5.74) is 2.25. The summed E-state index contributed by atoms with van der Waals surface area (Å²) in [6.07, 6.45) is 1.98. The number of aliphatic carboxylic acids is 1. The van der Waals surface area contributed by atoms with E-state index in [1.165, 1.54) is 0 Å². The van der Waals surface area contributed by atoms with Crippen LogP contribution in [0, 0.1) is 0 Å². The van der Waals surface area contributed by atoms with Gasteiger partial charge in [-0.2, -0.15) is 0 Å². The van der Waals surface area contributed by atoms with Crippen LogP contribution in [0.25, 0.3) is 0 Å². The molecule has 6 nitrogen and oxygen atoms in total. The summed E-state index contributed by atoms with van der Waals surface area (Å²) in [4.78, 5) is 16.7. The fraction of sp³-hybridized carbons (Fsp3) is 0.500. The molecule has 164 valence electrons. The minimum Gasteiger partial charge on any atom is -0.478 e. The zero-order valence-electron chi connectivity index (χ0n) is 17.6. The number of morpholine rings is 1. The van der Waals surface area contributed by atoms with E-state index in [-0.39, 0.29) is 12.2 Å². The van der Waals surface area contributed by atoms with Gasteiger partial charge in [0.2, 0.25) is 0 Å². The van der Waals surface area contributed by atoms with Gasteiger partial charge in [0, 0.05) is 25.2 Å². The first-order valence-electron chi connectivity index (χ1n) is 10.1. The summed E-state index contributed by atoms with van der Waals surface area (Å²) < 4.78 is 11.1. The molecular formula is C22H29ClN2O4S. The molecule has 0 aromatic heterocycles. The molecule has 3 rings (SSSR count). The van der Waals surface area contributed by atoms with Crippen LogP contribution in [0.3, 0.4) is 0 Å². The van der Waals surface area contributed by atoms with Crippen LogP contribution >= 0.6 is 23.4 Å². The van der Waals surface area contributed by atoms with Gasteiger partial charge in [0.1, 0.15) is 6.17 Å². The highest BCUT2D eigenvalue weighted by Crippen LogP contribution is 2.37. The molecule has 30 heavy (non-hydrogen) atoms. The second kappa shape index (κ2) is 10.7. The first-order valence-corrected chi connectivity index (χ1v) is 11.4. The number of halogens is 1. The quantitative estimate of drug-likeness (QED) is 0.643. The van der Waals surface area contributed by atoms with E-state index in [0.717, 1.165) is 28.5 Å². The number of ether oxygens (including phenoxy) is 2. The van der Waals surface area contributed by atoms with E-state index in [1.54, 1.807) is 18.9 Å². The second-order valence-corrected chi connectivity index (χ2v) is 9.05. The highest BCUT2D eigenvalue weighted by atomic mass is 35.5. The standard InChI is InChI=1S/C22H29ClN2O4S/c1-4-30-21-20(22(26)27)15(2)11-19(24-9-10-29-14-18(24)13-28-3)25(21)12-16-5-7-17(23)8-6-16/h5-8,11,18-19H,4,9-10,12-14H2,1-3H3,(H,26,27)/t18-,19?/m1/s1. The molecule has 0 bridgehead atoms. The lowest BCUT2D eigenvalue weighted by molar-refractivity contribution is -0.132. The lowest BCUT2D eigenvalue weighted by Gasteiger charge is -2.47. The molecule has 2 atom stereocenters. The fourth-order valence-electron chi connectivity index (χ4n) is 3.96. The SMILES string of the molecule is CCSC1=C(C(=O)O)C(C)=CC(N2CCOC[C@H]2COC)N1Cc1ccc(Cl)cc1.